The monoisotopic (exact) mass is 309 g/mol. The lowest BCUT2D eigenvalue weighted by Gasteiger charge is -2.39. The number of hydrogen-bond donors (Lipinski definition) is 1. The van der Waals surface area contributed by atoms with Crippen LogP contribution in [0.25, 0.3) is 0 Å². The molecule has 0 aliphatic carbocycles. The zero-order valence-corrected chi connectivity index (χ0v) is 13.1. The molecule has 6 heteroatoms. The number of nitrogens with two attached hydrogens (primary N) is 1. The number of carbonyl (C=O) groups is 1. The summed E-state index contributed by atoms with van der Waals surface area (Å²) in [6, 6.07) is 9.73. The fourth-order valence-electron chi connectivity index (χ4n) is 3.85. The number of amides is 1. The normalized spacial score (nSPS) is 23.4. The van der Waals surface area contributed by atoms with E-state index in [1.54, 1.807) is 17.2 Å². The van der Waals surface area contributed by atoms with Crippen LogP contribution in [0.5, 0.6) is 0 Å². The van der Waals surface area contributed by atoms with Crippen molar-refractivity contribution in [2.45, 2.75) is 18.3 Å². The average Bonchev–Trinajstić information content (AvgIpc) is 2.78. The summed E-state index contributed by atoms with van der Waals surface area (Å²) < 4.78 is 0. The Hall–Kier alpha value is -2.63. The van der Waals surface area contributed by atoms with Crippen LogP contribution in [-0.4, -0.2) is 36.0 Å². The third-order valence-electron chi connectivity index (χ3n) is 4.93. The summed E-state index contributed by atoms with van der Waals surface area (Å²) in [5.41, 5.74) is 7.40. The molecule has 6 nitrogen and oxygen atoms in total. The van der Waals surface area contributed by atoms with E-state index in [1.807, 2.05) is 25.2 Å². The maximum Gasteiger partial charge on any atom is 0.239 e. The molecular weight excluding hydrogens is 290 g/mol. The smallest absolute Gasteiger partial charge is 0.239 e. The van der Waals surface area contributed by atoms with Gasteiger partial charge in [0.25, 0.3) is 0 Å². The van der Waals surface area contributed by atoms with Crippen LogP contribution in [0, 0.1) is 0 Å². The lowest BCUT2D eigenvalue weighted by atomic mass is 9.75. The minimum Gasteiger partial charge on any atom is -0.384 e. The van der Waals surface area contributed by atoms with Crippen molar-refractivity contribution in [3.8, 4) is 0 Å². The van der Waals surface area contributed by atoms with E-state index in [9.17, 15) is 4.79 Å². The van der Waals surface area contributed by atoms with Crippen LogP contribution >= 0.6 is 0 Å². The summed E-state index contributed by atoms with van der Waals surface area (Å²) in [5.74, 6) is 1.21. The van der Waals surface area contributed by atoms with E-state index in [-0.39, 0.29) is 5.91 Å². The zero-order chi connectivity index (χ0) is 16.0. The fraction of sp³-hybridized carbons (Fsp3) is 0.353. The van der Waals surface area contributed by atoms with Gasteiger partial charge in [0, 0.05) is 32.0 Å². The number of para-hydroxylation sites is 1. The largest absolute Gasteiger partial charge is 0.384 e. The van der Waals surface area contributed by atoms with Gasteiger partial charge >= 0.3 is 0 Å². The molecule has 1 saturated heterocycles. The van der Waals surface area contributed by atoms with Gasteiger partial charge in [-0.1, -0.05) is 18.2 Å². The van der Waals surface area contributed by atoms with E-state index >= 15 is 0 Å². The summed E-state index contributed by atoms with van der Waals surface area (Å²) >= 11 is 0. The molecule has 2 aliphatic heterocycles. The average molecular weight is 309 g/mol. The lowest BCUT2D eigenvalue weighted by Crippen LogP contribution is -2.52. The van der Waals surface area contributed by atoms with Crippen molar-refractivity contribution in [2.24, 2.45) is 0 Å². The SMILES string of the molecule is CN1C(=O)[C@@]2(CCCN(c3nccc(N)n3)C2)c2ccccc21. The number of rotatable bonds is 1. The van der Waals surface area contributed by atoms with Gasteiger partial charge in [-0.15, -0.1) is 0 Å². The van der Waals surface area contributed by atoms with E-state index in [2.05, 4.69) is 20.9 Å². The topological polar surface area (TPSA) is 75.4 Å². The third kappa shape index (κ3) is 1.98. The second-order valence-corrected chi connectivity index (χ2v) is 6.27. The molecule has 1 aromatic heterocycles. The second kappa shape index (κ2) is 4.94. The molecule has 1 aromatic carbocycles. The summed E-state index contributed by atoms with van der Waals surface area (Å²) in [4.78, 5) is 25.5. The lowest BCUT2D eigenvalue weighted by molar-refractivity contribution is -0.123. The van der Waals surface area contributed by atoms with Crippen molar-refractivity contribution in [1.29, 1.82) is 0 Å². The fourth-order valence-corrected chi connectivity index (χ4v) is 3.85. The molecule has 1 amide bonds. The summed E-state index contributed by atoms with van der Waals surface area (Å²) in [5, 5.41) is 0. The molecule has 1 fully saturated rings. The third-order valence-corrected chi connectivity index (χ3v) is 4.93. The molecule has 4 rings (SSSR count). The van der Waals surface area contributed by atoms with Crippen molar-refractivity contribution in [3.63, 3.8) is 0 Å². The highest BCUT2D eigenvalue weighted by Crippen LogP contribution is 2.46. The van der Waals surface area contributed by atoms with Gasteiger partial charge in [-0.2, -0.15) is 4.98 Å². The van der Waals surface area contributed by atoms with Crippen LogP contribution in [0.4, 0.5) is 17.5 Å². The van der Waals surface area contributed by atoms with Gasteiger partial charge in [-0.05, 0) is 30.5 Å². The molecular formula is C17H19N5O. The standard InChI is InChI=1S/C17H19N5O/c1-21-13-6-3-2-5-12(13)17(15(21)23)8-4-10-22(11-17)16-19-9-7-14(18)20-16/h2-3,5-7,9H,4,8,10-11H2,1H3,(H2,18,19,20)/t17-/m1/s1. The Bertz CT molecular complexity index is 777. The Balaban J connectivity index is 1.76. The first-order chi connectivity index (χ1) is 11.1. The number of nitrogen functional groups attached to an aromatic ring is 1. The molecule has 118 valence electrons. The first kappa shape index (κ1) is 14.0. The summed E-state index contributed by atoms with van der Waals surface area (Å²) in [6.07, 6.45) is 3.44. The second-order valence-electron chi connectivity index (χ2n) is 6.27. The van der Waals surface area contributed by atoms with Crippen molar-refractivity contribution < 1.29 is 4.79 Å². The highest BCUT2D eigenvalue weighted by molar-refractivity contribution is 6.08. The maximum absolute atomic E-state index is 13.0. The number of anilines is 3. The van der Waals surface area contributed by atoms with Crippen LogP contribution in [0.15, 0.2) is 36.5 Å². The molecule has 3 heterocycles. The van der Waals surface area contributed by atoms with E-state index in [1.165, 1.54) is 0 Å². The molecule has 23 heavy (non-hydrogen) atoms. The van der Waals surface area contributed by atoms with Gasteiger partial charge in [0.1, 0.15) is 5.82 Å². The highest BCUT2D eigenvalue weighted by atomic mass is 16.2. The van der Waals surface area contributed by atoms with Crippen molar-refractivity contribution in [1.82, 2.24) is 9.97 Å². The molecule has 2 N–H and O–H groups in total. The predicted molar refractivity (Wildman–Crippen MR) is 89.4 cm³/mol. The van der Waals surface area contributed by atoms with Gasteiger partial charge in [-0.25, -0.2) is 4.98 Å². The number of piperidine rings is 1. The Kier molecular flexibility index (Phi) is 3.01. The Labute approximate surface area is 134 Å². The number of benzene rings is 1. The van der Waals surface area contributed by atoms with E-state index in [4.69, 9.17) is 5.73 Å². The minimum absolute atomic E-state index is 0.160. The Morgan fingerprint density at radius 2 is 2.09 bits per heavy atom. The van der Waals surface area contributed by atoms with Gasteiger partial charge < -0.3 is 15.5 Å². The quantitative estimate of drug-likeness (QED) is 0.865. The number of nitrogens with zero attached hydrogens (tertiary/aromatic N) is 4. The molecule has 0 saturated carbocycles. The molecule has 0 radical (unpaired) electrons. The first-order valence-electron chi connectivity index (χ1n) is 7.83. The van der Waals surface area contributed by atoms with Crippen molar-refractivity contribution >= 4 is 23.4 Å². The van der Waals surface area contributed by atoms with Crippen LogP contribution in [0.2, 0.25) is 0 Å². The van der Waals surface area contributed by atoms with Crippen LogP contribution in [0.1, 0.15) is 18.4 Å². The predicted octanol–water partition coefficient (Wildman–Crippen LogP) is 1.57. The number of fused-ring (bicyclic) bond motifs is 2. The molecule has 1 atom stereocenters. The zero-order valence-electron chi connectivity index (χ0n) is 13.1. The molecule has 2 aliphatic rings. The summed E-state index contributed by atoms with van der Waals surface area (Å²) in [7, 11) is 1.85. The molecule has 0 bridgehead atoms. The van der Waals surface area contributed by atoms with Crippen LogP contribution in [-0.2, 0) is 10.2 Å². The maximum atomic E-state index is 13.0. The van der Waals surface area contributed by atoms with Crippen LogP contribution < -0.4 is 15.5 Å². The van der Waals surface area contributed by atoms with E-state index < -0.39 is 5.41 Å². The number of aromatic nitrogens is 2. The van der Waals surface area contributed by atoms with E-state index in [0.717, 1.165) is 30.6 Å². The highest BCUT2D eigenvalue weighted by Gasteiger charge is 2.51. The van der Waals surface area contributed by atoms with Gasteiger partial charge in [-0.3, -0.25) is 4.79 Å². The number of likely N-dealkylation sites (N-methyl/N-ethyl adjacent to an activating group) is 1. The Morgan fingerprint density at radius 1 is 1.26 bits per heavy atom. The van der Waals surface area contributed by atoms with Crippen molar-refractivity contribution in [3.05, 3.63) is 42.1 Å². The first-order valence-corrected chi connectivity index (χ1v) is 7.83. The van der Waals surface area contributed by atoms with Gasteiger partial charge in [0.05, 0.1) is 5.41 Å². The number of carbonyl (C=O) groups excluding carboxylic acids is 1. The van der Waals surface area contributed by atoms with Gasteiger partial charge in [0.15, 0.2) is 0 Å². The minimum atomic E-state index is -0.502. The Morgan fingerprint density at radius 3 is 2.91 bits per heavy atom. The summed E-state index contributed by atoms with van der Waals surface area (Å²) in [6.45, 7) is 1.43. The van der Waals surface area contributed by atoms with Crippen LogP contribution in [0.3, 0.4) is 0 Å². The van der Waals surface area contributed by atoms with E-state index in [0.29, 0.717) is 18.3 Å². The molecule has 2 aromatic rings. The molecule has 1 spiro atoms. The number of hydrogen-bond acceptors (Lipinski definition) is 5. The molecule has 0 unspecified atom stereocenters. The van der Waals surface area contributed by atoms with Crippen molar-refractivity contribution in [2.75, 3.05) is 35.7 Å². The van der Waals surface area contributed by atoms with Gasteiger partial charge in [0.2, 0.25) is 11.9 Å².